The molecule has 3 atom stereocenters. The van der Waals surface area contributed by atoms with E-state index in [4.69, 9.17) is 4.74 Å². The van der Waals surface area contributed by atoms with E-state index >= 15 is 0 Å². The first-order valence-corrected chi connectivity index (χ1v) is 9.40. The summed E-state index contributed by atoms with van der Waals surface area (Å²) in [6.07, 6.45) is 1.79. The molecular formula is C21H28O5. The third-order valence-electron chi connectivity index (χ3n) is 4.90. The van der Waals surface area contributed by atoms with Crippen LogP contribution in [0.1, 0.15) is 69.6 Å². The molecule has 0 radical (unpaired) electrons. The van der Waals surface area contributed by atoms with Gasteiger partial charge >= 0.3 is 5.97 Å². The van der Waals surface area contributed by atoms with E-state index in [1.165, 1.54) is 6.92 Å². The second-order valence-electron chi connectivity index (χ2n) is 7.10. The summed E-state index contributed by atoms with van der Waals surface area (Å²) in [4.78, 5) is 36.5. The first kappa shape index (κ1) is 20.3. The van der Waals surface area contributed by atoms with Gasteiger partial charge in [0.15, 0.2) is 11.9 Å². The van der Waals surface area contributed by atoms with Gasteiger partial charge in [-0.15, -0.1) is 0 Å². The molecule has 1 aliphatic rings. The van der Waals surface area contributed by atoms with Crippen molar-refractivity contribution in [3.63, 3.8) is 0 Å². The maximum atomic E-state index is 12.8. The number of cyclic esters (lactones) is 1. The van der Waals surface area contributed by atoms with Crippen LogP contribution < -0.4 is 0 Å². The third-order valence-corrected chi connectivity index (χ3v) is 4.90. The summed E-state index contributed by atoms with van der Waals surface area (Å²) in [5, 5.41) is 9.98. The molecule has 5 heteroatoms. The Hall–Kier alpha value is -2.01. The maximum absolute atomic E-state index is 12.8. The number of benzene rings is 1. The predicted molar refractivity (Wildman–Crippen MR) is 97.5 cm³/mol. The van der Waals surface area contributed by atoms with Crippen molar-refractivity contribution in [2.45, 2.75) is 71.0 Å². The minimum Gasteiger partial charge on any atom is -0.449 e. The Labute approximate surface area is 154 Å². The summed E-state index contributed by atoms with van der Waals surface area (Å²) in [6, 6.07) is 7.49. The number of Topliss-reactive ketones (excluding diaryl/α,β-unsaturated/α-hetero) is 2. The molecule has 0 aromatic heterocycles. The highest BCUT2D eigenvalue weighted by atomic mass is 16.5. The first-order valence-electron chi connectivity index (χ1n) is 9.40. The van der Waals surface area contributed by atoms with E-state index in [2.05, 4.69) is 0 Å². The zero-order valence-electron chi connectivity index (χ0n) is 15.6. The zero-order chi connectivity index (χ0) is 19.1. The highest BCUT2D eigenvalue weighted by Gasteiger charge is 2.31. The van der Waals surface area contributed by atoms with Crippen LogP contribution in [-0.4, -0.2) is 28.7 Å². The fourth-order valence-electron chi connectivity index (χ4n) is 3.47. The van der Waals surface area contributed by atoms with E-state index in [-0.39, 0.29) is 36.3 Å². The lowest BCUT2D eigenvalue weighted by molar-refractivity contribution is -0.161. The molecule has 0 saturated carbocycles. The summed E-state index contributed by atoms with van der Waals surface area (Å²) >= 11 is 0. The minimum absolute atomic E-state index is 0.0777. The van der Waals surface area contributed by atoms with Gasteiger partial charge in [-0.05, 0) is 38.2 Å². The second-order valence-corrected chi connectivity index (χ2v) is 7.10. The van der Waals surface area contributed by atoms with E-state index < -0.39 is 12.2 Å². The van der Waals surface area contributed by atoms with Gasteiger partial charge in [0.05, 0.1) is 12.0 Å². The Morgan fingerprint density at radius 3 is 2.65 bits per heavy atom. The SMILES string of the molecule is CC[C@H]1CCCCc2ccccc2[C@H](C(=O)C[C@@H](O)CC(C)=O)OC1=O. The highest BCUT2D eigenvalue weighted by molar-refractivity contribution is 5.88. The van der Waals surface area contributed by atoms with Crippen molar-refractivity contribution in [3.8, 4) is 0 Å². The van der Waals surface area contributed by atoms with Crippen LogP contribution in [0.2, 0.25) is 0 Å². The number of carbonyl (C=O) groups excluding carboxylic acids is 3. The molecule has 1 N–H and O–H groups in total. The molecule has 1 aromatic carbocycles. The number of aliphatic hydroxyl groups is 1. The molecule has 1 aromatic rings. The van der Waals surface area contributed by atoms with Gasteiger partial charge in [-0.2, -0.15) is 0 Å². The Morgan fingerprint density at radius 2 is 1.96 bits per heavy atom. The standard InChI is InChI=1S/C21H28O5/c1-3-15-8-4-5-9-16-10-6-7-11-18(16)20(26-21(15)25)19(24)13-17(23)12-14(2)22/h6-7,10-11,15,17,20,23H,3-5,8-9,12-13H2,1-2H3/t15-,17-,20+/m0/s1. The highest BCUT2D eigenvalue weighted by Crippen LogP contribution is 2.30. The Balaban J connectivity index is 2.30. The van der Waals surface area contributed by atoms with Crippen molar-refractivity contribution in [1.82, 2.24) is 0 Å². The molecule has 0 unspecified atom stereocenters. The molecule has 5 nitrogen and oxygen atoms in total. The van der Waals surface area contributed by atoms with Crippen LogP contribution >= 0.6 is 0 Å². The van der Waals surface area contributed by atoms with Crippen LogP contribution in [0.15, 0.2) is 24.3 Å². The molecule has 142 valence electrons. The number of ether oxygens (including phenoxy) is 1. The molecule has 0 fully saturated rings. The van der Waals surface area contributed by atoms with Crippen molar-refractivity contribution < 1.29 is 24.2 Å². The summed E-state index contributed by atoms with van der Waals surface area (Å²) < 4.78 is 5.64. The number of hydrogen-bond acceptors (Lipinski definition) is 5. The summed E-state index contributed by atoms with van der Waals surface area (Å²) in [5.41, 5.74) is 1.69. The van der Waals surface area contributed by atoms with Crippen LogP contribution in [0, 0.1) is 5.92 Å². The van der Waals surface area contributed by atoms with Gasteiger partial charge in [-0.25, -0.2) is 0 Å². The first-order chi connectivity index (χ1) is 12.4. The number of carbonyl (C=O) groups is 3. The average Bonchev–Trinajstić information content (AvgIpc) is 2.59. The van der Waals surface area contributed by atoms with Crippen molar-refractivity contribution in [2.24, 2.45) is 5.92 Å². The van der Waals surface area contributed by atoms with E-state index in [1.807, 2.05) is 31.2 Å². The van der Waals surface area contributed by atoms with Crippen LogP contribution in [0.4, 0.5) is 0 Å². The Morgan fingerprint density at radius 1 is 1.23 bits per heavy atom. The molecule has 0 spiro atoms. The monoisotopic (exact) mass is 360 g/mol. The van der Waals surface area contributed by atoms with Gasteiger partial charge in [0.1, 0.15) is 5.78 Å². The van der Waals surface area contributed by atoms with Gasteiger partial charge in [0.2, 0.25) is 0 Å². The van der Waals surface area contributed by atoms with Gasteiger partial charge in [0.25, 0.3) is 0 Å². The quantitative estimate of drug-likeness (QED) is 0.787. The molecule has 0 bridgehead atoms. The van der Waals surface area contributed by atoms with Crippen LogP contribution in [0.5, 0.6) is 0 Å². The molecule has 2 rings (SSSR count). The van der Waals surface area contributed by atoms with Crippen molar-refractivity contribution >= 4 is 17.5 Å². The number of esters is 1. The molecule has 26 heavy (non-hydrogen) atoms. The van der Waals surface area contributed by atoms with Gasteiger partial charge in [0, 0.05) is 18.4 Å². The van der Waals surface area contributed by atoms with Crippen LogP contribution in [0.25, 0.3) is 0 Å². The summed E-state index contributed by atoms with van der Waals surface area (Å²) in [7, 11) is 0. The lowest BCUT2D eigenvalue weighted by Gasteiger charge is -2.25. The van der Waals surface area contributed by atoms with E-state index in [0.717, 1.165) is 31.2 Å². The lowest BCUT2D eigenvalue weighted by atomic mass is 9.90. The molecule has 0 amide bonds. The normalized spacial score (nSPS) is 22.0. The summed E-state index contributed by atoms with van der Waals surface area (Å²) in [5.74, 6) is -1.11. The molecule has 1 heterocycles. The molecule has 0 saturated heterocycles. The molecule has 1 aliphatic heterocycles. The topological polar surface area (TPSA) is 80.7 Å². The number of aryl methyl sites for hydroxylation is 1. The van der Waals surface area contributed by atoms with E-state index in [1.54, 1.807) is 0 Å². The zero-order valence-corrected chi connectivity index (χ0v) is 15.6. The predicted octanol–water partition coefficient (Wildman–Crippen LogP) is 3.32. The number of aliphatic hydroxyl groups excluding tert-OH is 1. The van der Waals surface area contributed by atoms with Gasteiger partial charge in [-0.1, -0.05) is 37.6 Å². The lowest BCUT2D eigenvalue weighted by Crippen LogP contribution is -2.28. The molecular weight excluding hydrogens is 332 g/mol. The average molecular weight is 360 g/mol. The van der Waals surface area contributed by atoms with Crippen molar-refractivity contribution in [1.29, 1.82) is 0 Å². The largest absolute Gasteiger partial charge is 0.449 e. The maximum Gasteiger partial charge on any atom is 0.309 e. The van der Waals surface area contributed by atoms with E-state index in [9.17, 15) is 19.5 Å². The smallest absolute Gasteiger partial charge is 0.309 e. The van der Waals surface area contributed by atoms with Gasteiger partial charge in [-0.3, -0.25) is 14.4 Å². The Bertz CT molecular complexity index is 652. The van der Waals surface area contributed by atoms with Crippen LogP contribution in [-0.2, 0) is 25.5 Å². The Kier molecular flexibility index (Phi) is 7.51. The second kappa shape index (κ2) is 9.62. The van der Waals surface area contributed by atoms with Crippen LogP contribution in [0.3, 0.4) is 0 Å². The number of fused-ring (bicyclic) bond motifs is 1. The minimum atomic E-state index is -1.05. The number of ketones is 2. The summed E-state index contributed by atoms with van der Waals surface area (Å²) in [6.45, 7) is 3.32. The fraction of sp³-hybridized carbons (Fsp3) is 0.571. The van der Waals surface area contributed by atoms with Crippen molar-refractivity contribution in [2.75, 3.05) is 0 Å². The van der Waals surface area contributed by atoms with Gasteiger partial charge < -0.3 is 9.84 Å². The van der Waals surface area contributed by atoms with Crippen molar-refractivity contribution in [3.05, 3.63) is 35.4 Å². The number of hydrogen-bond donors (Lipinski definition) is 1. The third kappa shape index (κ3) is 5.49. The van der Waals surface area contributed by atoms with E-state index in [0.29, 0.717) is 12.0 Å². The number of rotatable bonds is 6. The molecule has 0 aliphatic carbocycles. The fourth-order valence-corrected chi connectivity index (χ4v) is 3.47.